The maximum absolute atomic E-state index is 13.4. The number of hydrogen-bond acceptors (Lipinski definition) is 5. The molecule has 1 aromatic rings. The number of nitro groups is 1. The molecule has 7 nitrogen and oxygen atoms in total. The number of aliphatic hydroxyl groups excluding tert-OH is 1. The van der Waals surface area contributed by atoms with E-state index in [4.69, 9.17) is 5.11 Å². The van der Waals surface area contributed by atoms with Gasteiger partial charge in [0.05, 0.1) is 11.5 Å². The maximum atomic E-state index is 13.4. The highest BCUT2D eigenvalue weighted by molar-refractivity contribution is 7.89. The minimum Gasteiger partial charge on any atom is -0.395 e. The molecule has 20 heavy (non-hydrogen) atoms. The summed E-state index contributed by atoms with van der Waals surface area (Å²) in [5.74, 6) is -1.47. The van der Waals surface area contributed by atoms with Gasteiger partial charge in [-0.2, -0.15) is 4.39 Å². The lowest BCUT2D eigenvalue weighted by atomic mass is 10.1. The molecule has 0 radical (unpaired) electrons. The van der Waals surface area contributed by atoms with E-state index in [0.717, 1.165) is 18.2 Å². The molecular weight excluding hydrogens is 291 g/mol. The van der Waals surface area contributed by atoms with Crippen LogP contribution in [0, 0.1) is 21.8 Å². The molecule has 1 aromatic carbocycles. The van der Waals surface area contributed by atoms with Crippen LogP contribution < -0.4 is 4.72 Å². The minimum absolute atomic E-state index is 0.234. The molecule has 0 aliphatic rings. The van der Waals surface area contributed by atoms with Crippen molar-refractivity contribution < 1.29 is 22.8 Å². The fraction of sp³-hybridized carbons (Fsp3) is 0.455. The SMILES string of the molecule is CC(C)[C@@H](CO)NS(=O)(=O)c1cccc(F)c1[N+](=O)[O-]. The Bertz CT molecular complexity index is 603. The van der Waals surface area contributed by atoms with Crippen molar-refractivity contribution in [3.8, 4) is 0 Å². The Labute approximate surface area is 115 Å². The second kappa shape index (κ2) is 6.25. The van der Waals surface area contributed by atoms with Crippen molar-refractivity contribution in [1.82, 2.24) is 4.72 Å². The molecule has 0 saturated carbocycles. The van der Waals surface area contributed by atoms with E-state index >= 15 is 0 Å². The van der Waals surface area contributed by atoms with Gasteiger partial charge in [0.15, 0.2) is 4.90 Å². The number of nitrogens with zero attached hydrogens (tertiary/aromatic N) is 1. The van der Waals surface area contributed by atoms with Gasteiger partial charge in [0.2, 0.25) is 15.8 Å². The molecule has 0 aliphatic heterocycles. The summed E-state index contributed by atoms with van der Waals surface area (Å²) in [6.07, 6.45) is 0. The summed E-state index contributed by atoms with van der Waals surface area (Å²) in [4.78, 5) is 8.95. The van der Waals surface area contributed by atoms with Crippen molar-refractivity contribution in [1.29, 1.82) is 0 Å². The zero-order valence-electron chi connectivity index (χ0n) is 10.9. The van der Waals surface area contributed by atoms with Crippen LogP contribution in [0.3, 0.4) is 0 Å². The van der Waals surface area contributed by atoms with Crippen LogP contribution in [0.4, 0.5) is 10.1 Å². The standard InChI is InChI=1S/C11H15FN2O5S/c1-7(2)9(6-15)13-20(18,19)10-5-3-4-8(12)11(10)14(16)17/h3-5,7,9,13,15H,6H2,1-2H3/t9-/m1/s1. The molecule has 1 rings (SSSR count). The molecule has 0 aromatic heterocycles. The lowest BCUT2D eigenvalue weighted by Gasteiger charge is -2.19. The van der Waals surface area contributed by atoms with Gasteiger partial charge in [-0.1, -0.05) is 19.9 Å². The monoisotopic (exact) mass is 306 g/mol. The number of benzene rings is 1. The largest absolute Gasteiger partial charge is 0.395 e. The Morgan fingerprint density at radius 3 is 2.50 bits per heavy atom. The van der Waals surface area contributed by atoms with Gasteiger partial charge in [-0.25, -0.2) is 13.1 Å². The van der Waals surface area contributed by atoms with Crippen molar-refractivity contribution in [2.45, 2.75) is 24.8 Å². The van der Waals surface area contributed by atoms with Gasteiger partial charge in [0.1, 0.15) is 0 Å². The average molecular weight is 306 g/mol. The first kappa shape index (κ1) is 16.5. The van der Waals surface area contributed by atoms with Crippen LogP contribution in [-0.2, 0) is 10.0 Å². The number of hydrogen-bond donors (Lipinski definition) is 2. The summed E-state index contributed by atoms with van der Waals surface area (Å²) in [6.45, 7) is 2.87. The van der Waals surface area contributed by atoms with E-state index in [-0.39, 0.29) is 5.92 Å². The molecule has 112 valence electrons. The van der Waals surface area contributed by atoms with Gasteiger partial charge in [-0.3, -0.25) is 10.1 Å². The van der Waals surface area contributed by atoms with Gasteiger partial charge in [-0.15, -0.1) is 0 Å². The number of para-hydroxylation sites is 1. The molecule has 9 heteroatoms. The molecule has 0 bridgehead atoms. The van der Waals surface area contributed by atoms with Crippen molar-refractivity contribution in [2.24, 2.45) is 5.92 Å². The third-order valence-electron chi connectivity index (χ3n) is 2.73. The summed E-state index contributed by atoms with van der Waals surface area (Å²) >= 11 is 0. The quantitative estimate of drug-likeness (QED) is 0.602. The van der Waals surface area contributed by atoms with E-state index in [1.165, 1.54) is 0 Å². The van der Waals surface area contributed by atoms with Crippen LogP contribution in [-0.4, -0.2) is 31.1 Å². The number of aliphatic hydroxyl groups is 1. The van der Waals surface area contributed by atoms with E-state index in [0.29, 0.717) is 0 Å². The molecule has 1 atom stereocenters. The third kappa shape index (κ3) is 3.50. The average Bonchev–Trinajstić information content (AvgIpc) is 2.34. The summed E-state index contributed by atoms with van der Waals surface area (Å²) in [5.41, 5.74) is -1.11. The first-order chi connectivity index (χ1) is 9.20. The lowest BCUT2D eigenvalue weighted by Crippen LogP contribution is -2.41. The van der Waals surface area contributed by atoms with E-state index in [2.05, 4.69) is 4.72 Å². The third-order valence-corrected chi connectivity index (χ3v) is 4.25. The van der Waals surface area contributed by atoms with Gasteiger partial charge in [0.25, 0.3) is 0 Å². The van der Waals surface area contributed by atoms with E-state index in [1.54, 1.807) is 13.8 Å². The van der Waals surface area contributed by atoms with Crippen LogP contribution in [0.2, 0.25) is 0 Å². The fourth-order valence-corrected chi connectivity index (χ4v) is 3.09. The second-order valence-corrected chi connectivity index (χ2v) is 6.18. The first-order valence-electron chi connectivity index (χ1n) is 5.76. The Balaban J connectivity index is 3.30. The zero-order valence-corrected chi connectivity index (χ0v) is 11.7. The van der Waals surface area contributed by atoms with Crippen LogP contribution in [0.25, 0.3) is 0 Å². The van der Waals surface area contributed by atoms with E-state index < -0.39 is 44.0 Å². The number of rotatable bonds is 6. The van der Waals surface area contributed by atoms with E-state index in [9.17, 15) is 22.9 Å². The van der Waals surface area contributed by atoms with Crippen LogP contribution in [0.1, 0.15) is 13.8 Å². The Morgan fingerprint density at radius 2 is 2.05 bits per heavy atom. The minimum atomic E-state index is -4.31. The molecule has 0 spiro atoms. The number of nitrogens with one attached hydrogen (secondary N) is 1. The summed E-state index contributed by atoms with van der Waals surface area (Å²) in [7, 11) is -4.31. The fourth-order valence-electron chi connectivity index (χ4n) is 1.54. The van der Waals surface area contributed by atoms with Crippen LogP contribution in [0.15, 0.2) is 23.1 Å². The van der Waals surface area contributed by atoms with Crippen molar-refractivity contribution in [3.05, 3.63) is 34.1 Å². The van der Waals surface area contributed by atoms with Crippen molar-refractivity contribution in [3.63, 3.8) is 0 Å². The first-order valence-corrected chi connectivity index (χ1v) is 7.25. The molecule has 0 heterocycles. The molecule has 0 unspecified atom stereocenters. The normalized spacial score (nSPS) is 13.4. The maximum Gasteiger partial charge on any atom is 0.324 e. The Hall–Kier alpha value is -1.58. The summed E-state index contributed by atoms with van der Waals surface area (Å²) in [5, 5.41) is 19.9. The van der Waals surface area contributed by atoms with Crippen LogP contribution in [0.5, 0.6) is 0 Å². The second-order valence-electron chi connectivity index (χ2n) is 4.50. The van der Waals surface area contributed by atoms with Gasteiger partial charge >= 0.3 is 5.69 Å². The van der Waals surface area contributed by atoms with Gasteiger partial charge in [0, 0.05) is 6.04 Å². The molecule has 0 amide bonds. The predicted octanol–water partition coefficient (Wildman–Crippen LogP) is 1.03. The highest BCUT2D eigenvalue weighted by atomic mass is 32.2. The Kier molecular flexibility index (Phi) is 5.15. The summed E-state index contributed by atoms with van der Waals surface area (Å²) < 4.78 is 39.7. The predicted molar refractivity (Wildman–Crippen MR) is 69.1 cm³/mol. The highest BCUT2D eigenvalue weighted by Crippen LogP contribution is 2.26. The smallest absolute Gasteiger partial charge is 0.324 e. The van der Waals surface area contributed by atoms with Crippen LogP contribution >= 0.6 is 0 Å². The lowest BCUT2D eigenvalue weighted by molar-refractivity contribution is -0.390. The topological polar surface area (TPSA) is 110 Å². The Morgan fingerprint density at radius 1 is 1.45 bits per heavy atom. The molecule has 2 N–H and O–H groups in total. The molecule has 0 saturated heterocycles. The number of halogens is 1. The molecule has 0 aliphatic carbocycles. The van der Waals surface area contributed by atoms with E-state index in [1.807, 2.05) is 0 Å². The zero-order chi connectivity index (χ0) is 15.5. The molecular formula is C11H15FN2O5S. The van der Waals surface area contributed by atoms with Crippen molar-refractivity contribution in [2.75, 3.05) is 6.61 Å². The highest BCUT2D eigenvalue weighted by Gasteiger charge is 2.31. The van der Waals surface area contributed by atoms with Crippen molar-refractivity contribution >= 4 is 15.7 Å². The summed E-state index contributed by atoms with van der Waals surface area (Å²) in [6, 6.07) is 2.00. The molecule has 0 fully saturated rings. The number of sulfonamides is 1. The number of nitro benzene ring substituents is 1. The van der Waals surface area contributed by atoms with Gasteiger partial charge in [-0.05, 0) is 18.1 Å². The van der Waals surface area contributed by atoms with Gasteiger partial charge < -0.3 is 5.11 Å².